The molecule has 4 aliphatic rings. The zero-order valence-corrected chi connectivity index (χ0v) is 16.3. The molecule has 0 aromatic heterocycles. The Morgan fingerprint density at radius 3 is 2.56 bits per heavy atom. The molecule has 4 rings (SSSR count). The van der Waals surface area contributed by atoms with Crippen molar-refractivity contribution in [2.75, 3.05) is 0 Å². The van der Waals surface area contributed by atoms with Crippen LogP contribution in [0.1, 0.15) is 52.9 Å². The molecule has 5 heteroatoms. The van der Waals surface area contributed by atoms with E-state index in [-0.39, 0.29) is 34.7 Å². The number of primary amides is 1. The van der Waals surface area contributed by atoms with Gasteiger partial charge in [-0.2, -0.15) is 0 Å². The summed E-state index contributed by atoms with van der Waals surface area (Å²) in [4.78, 5) is 37.1. The predicted octanol–water partition coefficient (Wildman–Crippen LogP) is 3.10. The van der Waals surface area contributed by atoms with Crippen molar-refractivity contribution < 1.29 is 19.5 Å². The summed E-state index contributed by atoms with van der Waals surface area (Å²) in [6.07, 6.45) is 7.53. The summed E-state index contributed by atoms with van der Waals surface area (Å²) in [7, 11) is 0. The highest BCUT2D eigenvalue weighted by Crippen LogP contribution is 2.67. The van der Waals surface area contributed by atoms with Crippen molar-refractivity contribution in [3.63, 3.8) is 0 Å². The van der Waals surface area contributed by atoms with Crippen molar-refractivity contribution in [2.45, 2.75) is 52.9 Å². The largest absolute Gasteiger partial charge is 0.508 e. The van der Waals surface area contributed by atoms with E-state index in [0.717, 1.165) is 37.7 Å². The Labute approximate surface area is 160 Å². The van der Waals surface area contributed by atoms with Gasteiger partial charge in [0.1, 0.15) is 5.76 Å². The minimum atomic E-state index is -0.820. The SMILES string of the molecule is CC1C[C@H]2[C@@H]3CCC4=CC(O)=CC(=O)[C@]4(C)[C@H]3CC[C@]2(C)[C@H]1C(=O)C(N)=O. The molecule has 4 aliphatic carbocycles. The minimum absolute atomic E-state index is 0.00612. The molecule has 3 N–H and O–H groups in total. The lowest BCUT2D eigenvalue weighted by Gasteiger charge is -2.56. The molecule has 0 aromatic rings. The van der Waals surface area contributed by atoms with Gasteiger partial charge < -0.3 is 10.8 Å². The van der Waals surface area contributed by atoms with Crippen LogP contribution in [0.25, 0.3) is 0 Å². The van der Waals surface area contributed by atoms with Crippen molar-refractivity contribution in [3.05, 3.63) is 23.5 Å². The van der Waals surface area contributed by atoms with Crippen LogP contribution in [0.3, 0.4) is 0 Å². The summed E-state index contributed by atoms with van der Waals surface area (Å²) in [5.41, 5.74) is 5.64. The number of allylic oxidation sites excluding steroid dienone is 3. The number of carbonyl (C=O) groups excluding carboxylic acids is 3. The topological polar surface area (TPSA) is 97.5 Å². The first-order valence-electron chi connectivity index (χ1n) is 10.1. The van der Waals surface area contributed by atoms with Crippen LogP contribution < -0.4 is 5.73 Å². The maximum Gasteiger partial charge on any atom is 0.285 e. The third kappa shape index (κ3) is 2.33. The summed E-state index contributed by atoms with van der Waals surface area (Å²) >= 11 is 0. The van der Waals surface area contributed by atoms with E-state index < -0.39 is 17.1 Å². The highest BCUT2D eigenvalue weighted by molar-refractivity contribution is 6.36. The van der Waals surface area contributed by atoms with E-state index in [1.807, 2.05) is 6.92 Å². The van der Waals surface area contributed by atoms with Crippen LogP contribution >= 0.6 is 0 Å². The molecule has 1 unspecified atom stereocenters. The lowest BCUT2D eigenvalue weighted by molar-refractivity contribution is -0.144. The minimum Gasteiger partial charge on any atom is -0.508 e. The summed E-state index contributed by atoms with van der Waals surface area (Å²) in [5.74, 6) is -0.440. The first-order chi connectivity index (χ1) is 12.6. The number of hydrogen-bond acceptors (Lipinski definition) is 4. The summed E-state index contributed by atoms with van der Waals surface area (Å²) in [6.45, 7) is 6.26. The quantitative estimate of drug-likeness (QED) is 0.729. The van der Waals surface area contributed by atoms with Gasteiger partial charge in [-0.3, -0.25) is 14.4 Å². The molecule has 3 saturated carbocycles. The molecule has 3 fully saturated rings. The molecule has 5 nitrogen and oxygen atoms in total. The van der Waals surface area contributed by atoms with Crippen LogP contribution in [-0.2, 0) is 14.4 Å². The lowest BCUT2D eigenvalue weighted by atomic mass is 9.47. The number of aliphatic hydroxyl groups is 1. The standard InChI is InChI=1S/C22H29NO4/c1-11-8-16-14-5-4-12-9-13(24)10-17(25)22(12,3)15(14)6-7-21(16,2)18(11)19(26)20(23)27/h9-11,14-16,18,24H,4-8H2,1-3H3,(H2,23,27)/t11?,14-,15+,16+,18-,21+,22+/m1/s1. The average molecular weight is 371 g/mol. The zero-order valence-electron chi connectivity index (χ0n) is 16.3. The smallest absolute Gasteiger partial charge is 0.285 e. The number of nitrogens with two attached hydrogens (primary N) is 1. The molecule has 7 atom stereocenters. The average Bonchev–Trinajstić information content (AvgIpc) is 2.86. The maximum atomic E-state index is 12.9. The molecule has 1 amide bonds. The Morgan fingerprint density at radius 1 is 1.19 bits per heavy atom. The van der Waals surface area contributed by atoms with E-state index in [1.165, 1.54) is 6.08 Å². The normalized spacial score (nSPS) is 45.9. The van der Waals surface area contributed by atoms with Gasteiger partial charge in [0.15, 0.2) is 5.78 Å². The molecule has 146 valence electrons. The van der Waals surface area contributed by atoms with Crippen LogP contribution in [0.4, 0.5) is 0 Å². The fourth-order valence-electron chi connectivity index (χ4n) is 7.37. The monoisotopic (exact) mass is 371 g/mol. The number of amides is 1. The van der Waals surface area contributed by atoms with E-state index in [2.05, 4.69) is 13.8 Å². The number of rotatable bonds is 2. The molecule has 0 heterocycles. The Balaban J connectivity index is 1.71. The van der Waals surface area contributed by atoms with Gasteiger partial charge >= 0.3 is 0 Å². The molecule has 27 heavy (non-hydrogen) atoms. The van der Waals surface area contributed by atoms with Gasteiger partial charge in [0.2, 0.25) is 5.78 Å². The van der Waals surface area contributed by atoms with Gasteiger partial charge in [0, 0.05) is 12.0 Å². The van der Waals surface area contributed by atoms with Crippen LogP contribution in [0.15, 0.2) is 23.5 Å². The molecule has 0 aliphatic heterocycles. The molecular formula is C22H29NO4. The number of carbonyl (C=O) groups is 3. The van der Waals surface area contributed by atoms with Crippen molar-refractivity contribution in [1.29, 1.82) is 0 Å². The van der Waals surface area contributed by atoms with Crippen LogP contribution in [-0.4, -0.2) is 22.6 Å². The molecule has 0 spiro atoms. The number of aliphatic hydroxyl groups excluding tert-OH is 1. The number of Topliss-reactive ketones (excluding diaryl/α,β-unsaturated/α-hetero) is 1. The van der Waals surface area contributed by atoms with E-state index in [0.29, 0.717) is 11.8 Å². The number of ketones is 2. The summed E-state index contributed by atoms with van der Waals surface area (Å²) in [5, 5.41) is 9.89. The van der Waals surface area contributed by atoms with Gasteiger partial charge in [-0.1, -0.05) is 19.4 Å². The molecule has 0 saturated heterocycles. The van der Waals surface area contributed by atoms with E-state index in [1.54, 1.807) is 6.08 Å². The van der Waals surface area contributed by atoms with Gasteiger partial charge in [-0.05, 0) is 74.2 Å². The van der Waals surface area contributed by atoms with Crippen molar-refractivity contribution in [3.8, 4) is 0 Å². The molecular weight excluding hydrogens is 342 g/mol. The van der Waals surface area contributed by atoms with Gasteiger partial charge in [0.25, 0.3) is 5.91 Å². The predicted molar refractivity (Wildman–Crippen MR) is 100 cm³/mol. The summed E-state index contributed by atoms with van der Waals surface area (Å²) < 4.78 is 0. The third-order valence-corrected chi connectivity index (χ3v) is 8.57. The summed E-state index contributed by atoms with van der Waals surface area (Å²) in [6, 6.07) is 0. The zero-order chi connectivity index (χ0) is 19.7. The fraction of sp³-hybridized carbons (Fsp3) is 0.682. The third-order valence-electron chi connectivity index (χ3n) is 8.57. The van der Waals surface area contributed by atoms with Gasteiger partial charge in [-0.15, -0.1) is 0 Å². The number of fused-ring (bicyclic) bond motifs is 5. The van der Waals surface area contributed by atoms with E-state index in [9.17, 15) is 19.5 Å². The Hall–Kier alpha value is -1.91. The Morgan fingerprint density at radius 2 is 1.89 bits per heavy atom. The first kappa shape index (κ1) is 18.5. The first-order valence-corrected chi connectivity index (χ1v) is 10.1. The van der Waals surface area contributed by atoms with Crippen LogP contribution in [0, 0.1) is 40.4 Å². The maximum absolute atomic E-state index is 12.9. The lowest BCUT2D eigenvalue weighted by Crippen LogP contribution is -2.53. The second kappa shape index (κ2) is 5.79. The van der Waals surface area contributed by atoms with Crippen LogP contribution in [0.2, 0.25) is 0 Å². The second-order valence-electron chi connectivity index (χ2n) is 9.68. The fourth-order valence-corrected chi connectivity index (χ4v) is 7.37. The Kier molecular flexibility index (Phi) is 3.96. The van der Waals surface area contributed by atoms with Gasteiger partial charge in [-0.25, -0.2) is 0 Å². The van der Waals surface area contributed by atoms with Crippen molar-refractivity contribution in [2.24, 2.45) is 46.2 Å². The van der Waals surface area contributed by atoms with Gasteiger partial charge in [0.05, 0.1) is 5.41 Å². The molecule has 0 bridgehead atoms. The van der Waals surface area contributed by atoms with Crippen LogP contribution in [0.5, 0.6) is 0 Å². The van der Waals surface area contributed by atoms with E-state index >= 15 is 0 Å². The highest BCUT2D eigenvalue weighted by Gasteiger charge is 2.63. The number of hydrogen-bond donors (Lipinski definition) is 2. The molecule has 0 radical (unpaired) electrons. The Bertz CT molecular complexity index is 796. The second-order valence-corrected chi connectivity index (χ2v) is 9.68. The van der Waals surface area contributed by atoms with E-state index in [4.69, 9.17) is 5.73 Å². The van der Waals surface area contributed by atoms with Crippen molar-refractivity contribution >= 4 is 17.5 Å². The van der Waals surface area contributed by atoms with Crippen molar-refractivity contribution in [1.82, 2.24) is 0 Å². The highest BCUT2D eigenvalue weighted by atomic mass is 16.3. The molecule has 0 aromatic carbocycles.